The molecule has 116 valence electrons. The molecule has 0 bridgehead atoms. The molecule has 3 rings (SSSR count). The van der Waals surface area contributed by atoms with Crippen molar-refractivity contribution in [1.29, 1.82) is 0 Å². The first-order valence-corrected chi connectivity index (χ1v) is 9.16. The summed E-state index contributed by atoms with van der Waals surface area (Å²) in [5.74, 6) is 2.14. The minimum absolute atomic E-state index is 0.310. The van der Waals surface area contributed by atoms with Crippen molar-refractivity contribution in [2.24, 2.45) is 11.8 Å². The van der Waals surface area contributed by atoms with Crippen molar-refractivity contribution < 1.29 is 4.79 Å². The van der Waals surface area contributed by atoms with E-state index < -0.39 is 0 Å². The van der Waals surface area contributed by atoms with Crippen molar-refractivity contribution >= 4 is 22.1 Å². The highest BCUT2D eigenvalue weighted by Crippen LogP contribution is 2.39. The fourth-order valence-electron chi connectivity index (χ4n) is 3.59. The number of rotatable bonds is 3. The molecule has 21 heavy (non-hydrogen) atoms. The fourth-order valence-corrected chi connectivity index (χ4v) is 4.73. The summed E-state index contributed by atoms with van der Waals surface area (Å²) in [5.41, 5.74) is 0. The Labute approximate surface area is 131 Å². The van der Waals surface area contributed by atoms with Crippen LogP contribution in [0.2, 0.25) is 0 Å². The van der Waals surface area contributed by atoms with Crippen LogP contribution in [0.3, 0.4) is 0 Å². The third kappa shape index (κ3) is 3.47. The summed E-state index contributed by atoms with van der Waals surface area (Å²) >= 11 is 1.89. The highest BCUT2D eigenvalue weighted by Gasteiger charge is 2.27. The van der Waals surface area contributed by atoms with Gasteiger partial charge in [0.05, 0.1) is 11.2 Å². The molecule has 0 unspecified atom stereocenters. The lowest BCUT2D eigenvalue weighted by Gasteiger charge is -2.30. The van der Waals surface area contributed by atoms with Gasteiger partial charge in [0.25, 0.3) is 0 Å². The smallest absolute Gasteiger partial charge is 0.132 e. The Morgan fingerprint density at radius 1 is 1.19 bits per heavy atom. The average Bonchev–Trinajstić information content (AvgIpc) is 2.98. The van der Waals surface area contributed by atoms with E-state index in [4.69, 9.17) is 4.98 Å². The molecule has 2 aliphatic rings. The summed E-state index contributed by atoms with van der Waals surface area (Å²) in [4.78, 5) is 18.7. The molecule has 0 spiro atoms. The van der Waals surface area contributed by atoms with Gasteiger partial charge in [0.1, 0.15) is 10.8 Å². The van der Waals surface area contributed by atoms with Crippen LogP contribution < -0.4 is 4.90 Å². The Balaban J connectivity index is 1.59. The molecule has 4 heteroatoms. The van der Waals surface area contributed by atoms with Gasteiger partial charge >= 0.3 is 0 Å². The zero-order chi connectivity index (χ0) is 14.8. The van der Waals surface area contributed by atoms with Crippen LogP contribution in [-0.2, 0) is 4.79 Å². The van der Waals surface area contributed by atoms with Gasteiger partial charge in [-0.1, -0.05) is 6.92 Å². The lowest BCUT2D eigenvalue weighted by atomic mass is 9.81. The van der Waals surface area contributed by atoms with Crippen molar-refractivity contribution in [3.8, 4) is 0 Å². The standard InChI is InChI=1S/C17H26N2OS/c1-12-7-9-19(10-8-12)16-11-18-17(21-16)15-5-3-14(4-6-15)13(2)20/h11-12,14-15H,3-10H2,1-2H3. The summed E-state index contributed by atoms with van der Waals surface area (Å²) in [6, 6.07) is 0. The zero-order valence-electron chi connectivity index (χ0n) is 13.2. The Hall–Kier alpha value is -0.900. The van der Waals surface area contributed by atoms with Gasteiger partial charge in [0, 0.05) is 24.9 Å². The number of aromatic nitrogens is 1. The fraction of sp³-hybridized carbons (Fsp3) is 0.765. The second-order valence-electron chi connectivity index (χ2n) is 6.87. The van der Waals surface area contributed by atoms with Gasteiger partial charge < -0.3 is 4.90 Å². The summed E-state index contributed by atoms with van der Waals surface area (Å²) < 4.78 is 0. The van der Waals surface area contributed by atoms with Crippen LogP contribution in [-0.4, -0.2) is 23.9 Å². The van der Waals surface area contributed by atoms with Crippen molar-refractivity contribution in [2.45, 2.75) is 58.3 Å². The molecule has 1 aliphatic carbocycles. The third-order valence-corrected chi connectivity index (χ3v) is 6.48. The van der Waals surface area contributed by atoms with Gasteiger partial charge in [0.2, 0.25) is 0 Å². The number of Topliss-reactive ketones (excluding diaryl/α,β-unsaturated/α-hetero) is 1. The lowest BCUT2D eigenvalue weighted by molar-refractivity contribution is -0.121. The molecule has 0 radical (unpaired) electrons. The second-order valence-corrected chi connectivity index (χ2v) is 7.91. The maximum atomic E-state index is 11.5. The Bertz CT molecular complexity index is 483. The molecule has 1 saturated heterocycles. The number of thiazole rings is 1. The largest absolute Gasteiger partial charge is 0.362 e. The van der Waals surface area contributed by atoms with E-state index in [1.54, 1.807) is 6.92 Å². The predicted octanol–water partition coefficient (Wildman–Crippen LogP) is 4.24. The van der Waals surface area contributed by atoms with Crippen LogP contribution in [0.1, 0.15) is 63.3 Å². The topological polar surface area (TPSA) is 33.2 Å². The van der Waals surface area contributed by atoms with Gasteiger partial charge in [-0.3, -0.25) is 4.79 Å². The Kier molecular flexibility index (Phi) is 4.63. The van der Waals surface area contributed by atoms with Crippen molar-refractivity contribution in [2.75, 3.05) is 18.0 Å². The van der Waals surface area contributed by atoms with Gasteiger partial charge in [-0.25, -0.2) is 4.98 Å². The van der Waals surface area contributed by atoms with Gasteiger partial charge in [-0.15, -0.1) is 11.3 Å². The number of nitrogens with zero attached hydrogens (tertiary/aromatic N) is 2. The van der Waals surface area contributed by atoms with Crippen molar-refractivity contribution in [3.05, 3.63) is 11.2 Å². The van der Waals surface area contributed by atoms with Gasteiger partial charge in [0.15, 0.2) is 0 Å². The molecule has 2 heterocycles. The molecule has 1 aliphatic heterocycles. The SMILES string of the molecule is CC(=O)C1CCC(c2ncc(N3CCC(C)CC3)s2)CC1. The summed E-state index contributed by atoms with van der Waals surface area (Å²) in [6.07, 6.45) is 9.05. The van der Waals surface area contributed by atoms with Crippen LogP contribution >= 0.6 is 11.3 Å². The summed E-state index contributed by atoms with van der Waals surface area (Å²) in [6.45, 7) is 6.45. The normalized spacial score (nSPS) is 27.8. The number of carbonyl (C=O) groups excluding carboxylic acids is 1. The maximum absolute atomic E-state index is 11.5. The number of carbonyl (C=O) groups is 1. The molecular weight excluding hydrogens is 280 g/mol. The summed E-state index contributed by atoms with van der Waals surface area (Å²) in [7, 11) is 0. The minimum Gasteiger partial charge on any atom is -0.362 e. The molecule has 0 N–H and O–H groups in total. The number of hydrogen-bond donors (Lipinski definition) is 0. The van der Waals surface area contributed by atoms with Gasteiger partial charge in [-0.05, 0) is 51.4 Å². The highest BCUT2D eigenvalue weighted by molar-refractivity contribution is 7.15. The zero-order valence-corrected chi connectivity index (χ0v) is 14.0. The van der Waals surface area contributed by atoms with E-state index in [9.17, 15) is 4.79 Å². The predicted molar refractivity (Wildman–Crippen MR) is 88.1 cm³/mol. The van der Waals surface area contributed by atoms with E-state index in [0.29, 0.717) is 17.6 Å². The van der Waals surface area contributed by atoms with E-state index in [1.165, 1.54) is 35.9 Å². The first kappa shape index (κ1) is 15.0. The van der Waals surface area contributed by atoms with E-state index in [2.05, 4.69) is 18.0 Å². The third-order valence-electron chi connectivity index (χ3n) is 5.26. The minimum atomic E-state index is 0.310. The molecule has 3 nitrogen and oxygen atoms in total. The van der Waals surface area contributed by atoms with Gasteiger partial charge in [-0.2, -0.15) is 0 Å². The first-order valence-electron chi connectivity index (χ1n) is 8.34. The quantitative estimate of drug-likeness (QED) is 0.837. The van der Waals surface area contributed by atoms with E-state index >= 15 is 0 Å². The number of piperidine rings is 1. The molecular formula is C17H26N2OS. The molecule has 0 amide bonds. The van der Waals surface area contributed by atoms with Crippen molar-refractivity contribution in [1.82, 2.24) is 4.98 Å². The van der Waals surface area contributed by atoms with E-state index in [-0.39, 0.29) is 0 Å². The molecule has 2 fully saturated rings. The molecule has 0 aromatic carbocycles. The lowest BCUT2D eigenvalue weighted by Crippen LogP contribution is -2.32. The Morgan fingerprint density at radius 3 is 2.48 bits per heavy atom. The second kappa shape index (κ2) is 6.47. The number of ketones is 1. The van der Waals surface area contributed by atoms with Crippen molar-refractivity contribution in [3.63, 3.8) is 0 Å². The van der Waals surface area contributed by atoms with Crippen LogP contribution in [0.25, 0.3) is 0 Å². The average molecular weight is 306 g/mol. The molecule has 0 atom stereocenters. The van der Waals surface area contributed by atoms with E-state index in [0.717, 1.165) is 31.6 Å². The number of anilines is 1. The number of hydrogen-bond acceptors (Lipinski definition) is 4. The van der Waals surface area contributed by atoms with Crippen LogP contribution in [0.4, 0.5) is 5.00 Å². The van der Waals surface area contributed by atoms with Crippen LogP contribution in [0.15, 0.2) is 6.20 Å². The highest BCUT2D eigenvalue weighted by atomic mass is 32.1. The molecule has 1 saturated carbocycles. The summed E-state index contributed by atoms with van der Waals surface area (Å²) in [5, 5.41) is 2.65. The molecule has 1 aromatic heterocycles. The first-order chi connectivity index (χ1) is 10.1. The Morgan fingerprint density at radius 2 is 1.86 bits per heavy atom. The maximum Gasteiger partial charge on any atom is 0.132 e. The van der Waals surface area contributed by atoms with E-state index in [1.807, 2.05) is 11.3 Å². The van der Waals surface area contributed by atoms with Crippen LogP contribution in [0.5, 0.6) is 0 Å². The van der Waals surface area contributed by atoms with Crippen LogP contribution in [0, 0.1) is 11.8 Å². The molecule has 1 aromatic rings. The monoisotopic (exact) mass is 306 g/mol.